The van der Waals surface area contributed by atoms with Crippen molar-refractivity contribution in [2.45, 2.75) is 44.6 Å². The van der Waals surface area contributed by atoms with E-state index in [4.69, 9.17) is 4.52 Å². The number of rotatable bonds is 5. The van der Waals surface area contributed by atoms with E-state index < -0.39 is 0 Å². The summed E-state index contributed by atoms with van der Waals surface area (Å²) in [7, 11) is 2.17. The van der Waals surface area contributed by atoms with Crippen molar-refractivity contribution in [3.05, 3.63) is 41.8 Å². The summed E-state index contributed by atoms with van der Waals surface area (Å²) in [5.41, 5.74) is 0.903. The maximum atomic E-state index is 12.3. The molecule has 0 N–H and O–H groups in total. The molecule has 2 aliphatic rings. The molecule has 1 atom stereocenters. The topological polar surface area (TPSA) is 75.4 Å². The van der Waals surface area contributed by atoms with Gasteiger partial charge < -0.3 is 14.3 Å². The van der Waals surface area contributed by atoms with Gasteiger partial charge in [-0.15, -0.1) is 0 Å². The van der Waals surface area contributed by atoms with Gasteiger partial charge in [0.1, 0.15) is 0 Å². The van der Waals surface area contributed by atoms with Crippen LogP contribution < -0.4 is 0 Å². The van der Waals surface area contributed by atoms with Crippen molar-refractivity contribution in [3.8, 4) is 0 Å². The van der Waals surface area contributed by atoms with Crippen molar-refractivity contribution in [3.63, 3.8) is 0 Å². The smallest absolute Gasteiger partial charge is 0.231 e. The zero-order valence-electron chi connectivity index (χ0n) is 15.9. The van der Waals surface area contributed by atoms with E-state index in [0.29, 0.717) is 31.3 Å². The molecule has 0 aromatic carbocycles. The number of pyridine rings is 1. The minimum atomic E-state index is 0.116. The Bertz CT molecular complexity index is 755. The normalized spacial score (nSPS) is 22.3. The minimum Gasteiger partial charge on any atom is -0.339 e. The van der Waals surface area contributed by atoms with Gasteiger partial charge in [-0.1, -0.05) is 11.2 Å². The molecule has 2 aromatic rings. The first kappa shape index (κ1) is 18.1. The molecule has 0 aliphatic carbocycles. The van der Waals surface area contributed by atoms with Crippen LogP contribution in [0.4, 0.5) is 0 Å². The number of amides is 1. The number of piperidine rings is 2. The standard InChI is InChI=1S/C20H27N5O2/c1-24-10-7-15(8-11-24)12-18-22-20(27-23-18)16-5-6-19(26)25(13-16)14-17-4-2-3-9-21-17/h2-4,9,15-16H,5-8,10-14H2,1H3/t16-/m0/s1. The molecule has 7 heteroatoms. The molecule has 2 saturated heterocycles. The summed E-state index contributed by atoms with van der Waals surface area (Å²) in [6.45, 7) is 3.43. The summed E-state index contributed by atoms with van der Waals surface area (Å²) in [5, 5.41) is 4.22. The number of hydrogen-bond acceptors (Lipinski definition) is 6. The lowest BCUT2D eigenvalue weighted by atomic mass is 9.93. The van der Waals surface area contributed by atoms with Crippen LogP contribution in [0.2, 0.25) is 0 Å². The Hall–Kier alpha value is -2.28. The summed E-state index contributed by atoms with van der Waals surface area (Å²) < 4.78 is 5.58. The molecule has 0 unspecified atom stereocenters. The number of aromatic nitrogens is 3. The summed E-state index contributed by atoms with van der Waals surface area (Å²) in [6, 6.07) is 5.78. The third kappa shape index (κ3) is 4.53. The van der Waals surface area contributed by atoms with E-state index in [-0.39, 0.29) is 11.8 Å². The van der Waals surface area contributed by atoms with Crippen LogP contribution in [0.5, 0.6) is 0 Å². The van der Waals surface area contributed by atoms with E-state index in [1.54, 1.807) is 6.20 Å². The van der Waals surface area contributed by atoms with Crippen LogP contribution in [-0.4, -0.2) is 57.5 Å². The monoisotopic (exact) mass is 369 g/mol. The highest BCUT2D eigenvalue weighted by atomic mass is 16.5. The number of likely N-dealkylation sites (tertiary alicyclic amines) is 2. The van der Waals surface area contributed by atoms with Crippen molar-refractivity contribution >= 4 is 5.91 Å². The second-order valence-corrected chi connectivity index (χ2v) is 7.83. The average Bonchev–Trinajstić information content (AvgIpc) is 3.15. The van der Waals surface area contributed by atoms with Gasteiger partial charge >= 0.3 is 0 Å². The minimum absolute atomic E-state index is 0.116. The van der Waals surface area contributed by atoms with Crippen molar-refractivity contribution in [2.24, 2.45) is 5.92 Å². The van der Waals surface area contributed by atoms with Gasteiger partial charge in [-0.3, -0.25) is 9.78 Å². The predicted molar refractivity (Wildman–Crippen MR) is 99.9 cm³/mol. The highest BCUT2D eigenvalue weighted by Crippen LogP contribution is 2.28. The first-order valence-corrected chi connectivity index (χ1v) is 9.86. The quantitative estimate of drug-likeness (QED) is 0.805. The van der Waals surface area contributed by atoms with Crippen molar-refractivity contribution in [1.82, 2.24) is 24.9 Å². The Kier molecular flexibility index (Phi) is 5.48. The first-order valence-electron chi connectivity index (χ1n) is 9.86. The average molecular weight is 369 g/mol. The maximum Gasteiger partial charge on any atom is 0.231 e. The number of carbonyl (C=O) groups is 1. The predicted octanol–water partition coefficient (Wildman–Crippen LogP) is 2.26. The van der Waals surface area contributed by atoms with E-state index >= 15 is 0 Å². The molecule has 0 radical (unpaired) electrons. The molecule has 4 heterocycles. The lowest BCUT2D eigenvalue weighted by Gasteiger charge is -2.30. The largest absolute Gasteiger partial charge is 0.339 e. The fraction of sp³-hybridized carbons (Fsp3) is 0.600. The van der Waals surface area contributed by atoms with Crippen LogP contribution in [0.3, 0.4) is 0 Å². The molecule has 0 bridgehead atoms. The second kappa shape index (κ2) is 8.17. The van der Waals surface area contributed by atoms with E-state index in [2.05, 4.69) is 27.1 Å². The third-order valence-corrected chi connectivity index (χ3v) is 5.72. The molecule has 7 nitrogen and oxygen atoms in total. The van der Waals surface area contributed by atoms with Gasteiger partial charge in [0.25, 0.3) is 0 Å². The fourth-order valence-electron chi connectivity index (χ4n) is 4.00. The van der Waals surface area contributed by atoms with Gasteiger partial charge in [0.15, 0.2) is 5.82 Å². The summed E-state index contributed by atoms with van der Waals surface area (Å²) in [4.78, 5) is 25.5. The summed E-state index contributed by atoms with van der Waals surface area (Å²) >= 11 is 0. The number of nitrogens with zero attached hydrogens (tertiary/aromatic N) is 5. The lowest BCUT2D eigenvalue weighted by molar-refractivity contribution is -0.134. The Morgan fingerprint density at radius 1 is 1.22 bits per heavy atom. The highest BCUT2D eigenvalue weighted by Gasteiger charge is 2.31. The third-order valence-electron chi connectivity index (χ3n) is 5.72. The SMILES string of the molecule is CN1CCC(Cc2noc([C@H]3CCC(=O)N(Cc4ccccn4)C3)n2)CC1. The summed E-state index contributed by atoms with van der Waals surface area (Å²) in [5.74, 6) is 2.41. The zero-order chi connectivity index (χ0) is 18.6. The van der Waals surface area contributed by atoms with Gasteiger partial charge in [0, 0.05) is 25.6 Å². The Balaban J connectivity index is 1.37. The lowest BCUT2D eigenvalue weighted by Crippen LogP contribution is -2.38. The van der Waals surface area contributed by atoms with Crippen LogP contribution >= 0.6 is 0 Å². The zero-order valence-corrected chi connectivity index (χ0v) is 15.9. The molecule has 2 aliphatic heterocycles. The molecule has 27 heavy (non-hydrogen) atoms. The van der Waals surface area contributed by atoms with Crippen molar-refractivity contribution in [1.29, 1.82) is 0 Å². The molecule has 4 rings (SSSR count). The fourth-order valence-corrected chi connectivity index (χ4v) is 4.00. The molecule has 0 spiro atoms. The molecule has 2 aromatic heterocycles. The van der Waals surface area contributed by atoms with Gasteiger partial charge in [-0.25, -0.2) is 0 Å². The van der Waals surface area contributed by atoms with Crippen LogP contribution in [0.25, 0.3) is 0 Å². The van der Waals surface area contributed by atoms with Crippen molar-refractivity contribution in [2.75, 3.05) is 26.7 Å². The van der Waals surface area contributed by atoms with Crippen LogP contribution in [-0.2, 0) is 17.8 Å². The molecule has 144 valence electrons. The summed E-state index contributed by atoms with van der Waals surface area (Å²) in [6.07, 6.45) is 6.32. The van der Waals surface area contributed by atoms with Crippen LogP contribution in [0, 0.1) is 5.92 Å². The maximum absolute atomic E-state index is 12.3. The second-order valence-electron chi connectivity index (χ2n) is 7.83. The van der Waals surface area contributed by atoms with Gasteiger partial charge in [0.2, 0.25) is 11.8 Å². The van der Waals surface area contributed by atoms with Gasteiger partial charge in [-0.2, -0.15) is 4.98 Å². The Morgan fingerprint density at radius 3 is 2.85 bits per heavy atom. The van der Waals surface area contributed by atoms with Crippen molar-refractivity contribution < 1.29 is 9.32 Å². The van der Waals surface area contributed by atoms with Gasteiger partial charge in [-0.05, 0) is 57.5 Å². The van der Waals surface area contributed by atoms with E-state index in [9.17, 15) is 4.79 Å². The Morgan fingerprint density at radius 2 is 2.07 bits per heavy atom. The number of hydrogen-bond donors (Lipinski definition) is 0. The molecule has 0 saturated carbocycles. The highest BCUT2D eigenvalue weighted by molar-refractivity contribution is 5.77. The van der Waals surface area contributed by atoms with Gasteiger partial charge in [0.05, 0.1) is 18.2 Å². The van der Waals surface area contributed by atoms with Crippen LogP contribution in [0.15, 0.2) is 28.9 Å². The van der Waals surface area contributed by atoms with E-state index in [1.165, 1.54) is 12.8 Å². The number of carbonyl (C=O) groups excluding carboxylic acids is 1. The van der Waals surface area contributed by atoms with Crippen LogP contribution in [0.1, 0.15) is 49.0 Å². The molecule has 2 fully saturated rings. The molecule has 1 amide bonds. The first-order chi connectivity index (χ1) is 13.2. The van der Waals surface area contributed by atoms with E-state index in [0.717, 1.165) is 37.4 Å². The molecular formula is C20H27N5O2. The molecular weight excluding hydrogens is 342 g/mol. The Labute approximate surface area is 159 Å². The van der Waals surface area contributed by atoms with E-state index in [1.807, 2.05) is 23.1 Å².